The third kappa shape index (κ3) is 4.60. The summed E-state index contributed by atoms with van der Waals surface area (Å²) in [5.74, 6) is -0.619. The first kappa shape index (κ1) is 21.0. The average molecular weight is 423 g/mol. The maximum atomic E-state index is 12.2. The molecular weight excluding hydrogens is 398 g/mol. The van der Waals surface area contributed by atoms with Gasteiger partial charge in [0.05, 0.1) is 35.5 Å². The number of carboxylic acid groups (broad SMARTS) is 1. The summed E-state index contributed by atoms with van der Waals surface area (Å²) in [6.45, 7) is 5.96. The lowest BCUT2D eigenvalue weighted by molar-refractivity contribution is -0.0144. The fourth-order valence-electron chi connectivity index (χ4n) is 3.75. The van der Waals surface area contributed by atoms with E-state index in [1.165, 1.54) is 0 Å². The summed E-state index contributed by atoms with van der Waals surface area (Å²) in [7, 11) is 0. The summed E-state index contributed by atoms with van der Waals surface area (Å²) in [6.07, 6.45) is 1.01. The highest BCUT2D eigenvalue weighted by atomic mass is 16.5. The van der Waals surface area contributed by atoms with Crippen molar-refractivity contribution in [3.8, 4) is 11.4 Å². The minimum absolute atomic E-state index is 0.224. The number of carbonyl (C=O) groups is 2. The standard InChI is InChI=1S/C23H25N3O5/c1-2-31-23(29)18-8-9-20-19(14-18)24-21(16-4-6-17(7-5-16)22(27)28)26(20)12-11-25-10-3-13-30-15-25/h4-9,14H,2-3,10-13,15H2,1H3,(H,27,28). The van der Waals surface area contributed by atoms with Gasteiger partial charge in [0.25, 0.3) is 0 Å². The van der Waals surface area contributed by atoms with Crippen molar-refractivity contribution in [1.82, 2.24) is 14.5 Å². The number of carboxylic acids is 1. The highest BCUT2D eigenvalue weighted by Gasteiger charge is 2.18. The van der Waals surface area contributed by atoms with Gasteiger partial charge in [0.15, 0.2) is 0 Å². The zero-order valence-corrected chi connectivity index (χ0v) is 17.4. The van der Waals surface area contributed by atoms with Crippen LogP contribution in [0.4, 0.5) is 0 Å². The maximum Gasteiger partial charge on any atom is 0.338 e. The molecule has 0 atom stereocenters. The summed E-state index contributed by atoms with van der Waals surface area (Å²) in [5, 5.41) is 9.19. The van der Waals surface area contributed by atoms with Gasteiger partial charge in [-0.05, 0) is 43.7 Å². The number of hydrogen-bond acceptors (Lipinski definition) is 6. The van der Waals surface area contributed by atoms with Crippen LogP contribution >= 0.6 is 0 Å². The summed E-state index contributed by atoms with van der Waals surface area (Å²) in [5.41, 5.74) is 3.09. The van der Waals surface area contributed by atoms with Gasteiger partial charge in [0.1, 0.15) is 5.82 Å². The molecule has 0 radical (unpaired) electrons. The molecule has 0 amide bonds. The van der Waals surface area contributed by atoms with Crippen LogP contribution in [-0.4, -0.2) is 64.5 Å². The maximum absolute atomic E-state index is 12.2. The SMILES string of the molecule is CCOC(=O)c1ccc2c(c1)nc(-c1ccc(C(=O)O)cc1)n2CCN1CCCOC1. The highest BCUT2D eigenvalue weighted by Crippen LogP contribution is 2.26. The Morgan fingerprint density at radius 1 is 1.13 bits per heavy atom. The number of aromatic nitrogens is 2. The van der Waals surface area contributed by atoms with Crippen molar-refractivity contribution in [2.75, 3.05) is 33.0 Å². The Morgan fingerprint density at radius 2 is 1.90 bits per heavy atom. The molecule has 3 aromatic rings. The molecule has 0 bridgehead atoms. The number of rotatable bonds is 7. The number of nitrogens with zero attached hydrogens (tertiary/aromatic N) is 3. The average Bonchev–Trinajstić information content (AvgIpc) is 3.16. The molecule has 2 aromatic carbocycles. The van der Waals surface area contributed by atoms with E-state index in [1.54, 1.807) is 43.3 Å². The van der Waals surface area contributed by atoms with Crippen molar-refractivity contribution in [1.29, 1.82) is 0 Å². The molecule has 31 heavy (non-hydrogen) atoms. The Balaban J connectivity index is 1.71. The second-order valence-corrected chi connectivity index (χ2v) is 7.40. The van der Waals surface area contributed by atoms with E-state index in [1.807, 2.05) is 6.07 Å². The molecule has 1 saturated heterocycles. The Bertz CT molecular complexity index is 1080. The van der Waals surface area contributed by atoms with Crippen LogP contribution in [0.5, 0.6) is 0 Å². The fraction of sp³-hybridized carbons (Fsp3) is 0.348. The molecule has 0 spiro atoms. The second-order valence-electron chi connectivity index (χ2n) is 7.40. The van der Waals surface area contributed by atoms with Crippen molar-refractivity contribution in [3.05, 3.63) is 53.6 Å². The lowest BCUT2D eigenvalue weighted by Gasteiger charge is -2.26. The molecule has 0 saturated carbocycles. The van der Waals surface area contributed by atoms with E-state index in [-0.39, 0.29) is 11.5 Å². The smallest absolute Gasteiger partial charge is 0.338 e. The quantitative estimate of drug-likeness (QED) is 0.583. The molecule has 162 valence electrons. The van der Waals surface area contributed by atoms with Crippen molar-refractivity contribution < 1.29 is 24.2 Å². The summed E-state index contributed by atoms with van der Waals surface area (Å²) in [4.78, 5) is 30.4. The summed E-state index contributed by atoms with van der Waals surface area (Å²) in [6, 6.07) is 12.0. The van der Waals surface area contributed by atoms with E-state index < -0.39 is 5.97 Å². The predicted octanol–water partition coefficient (Wildman–Crippen LogP) is 3.26. The molecule has 1 aromatic heterocycles. The van der Waals surface area contributed by atoms with Crippen molar-refractivity contribution in [2.24, 2.45) is 0 Å². The normalized spacial score (nSPS) is 14.6. The van der Waals surface area contributed by atoms with E-state index >= 15 is 0 Å². The van der Waals surface area contributed by atoms with E-state index in [9.17, 15) is 14.7 Å². The van der Waals surface area contributed by atoms with Gasteiger partial charge in [-0.15, -0.1) is 0 Å². The van der Waals surface area contributed by atoms with Crippen LogP contribution in [0.25, 0.3) is 22.4 Å². The molecule has 8 nitrogen and oxygen atoms in total. The second kappa shape index (κ2) is 9.28. The van der Waals surface area contributed by atoms with Gasteiger partial charge in [-0.3, -0.25) is 4.90 Å². The zero-order chi connectivity index (χ0) is 21.8. The Labute approximate surface area is 180 Å². The topological polar surface area (TPSA) is 93.9 Å². The van der Waals surface area contributed by atoms with E-state index in [4.69, 9.17) is 14.5 Å². The molecule has 0 aliphatic carbocycles. The lowest BCUT2D eigenvalue weighted by atomic mass is 10.1. The first-order valence-corrected chi connectivity index (χ1v) is 10.4. The minimum atomic E-state index is -0.968. The van der Waals surface area contributed by atoms with Gasteiger partial charge in [0.2, 0.25) is 0 Å². The highest BCUT2D eigenvalue weighted by molar-refractivity contribution is 5.94. The third-order valence-corrected chi connectivity index (χ3v) is 5.33. The van der Waals surface area contributed by atoms with E-state index in [0.29, 0.717) is 31.0 Å². The van der Waals surface area contributed by atoms with Gasteiger partial charge in [0, 0.05) is 31.8 Å². The largest absolute Gasteiger partial charge is 0.478 e. The monoisotopic (exact) mass is 423 g/mol. The van der Waals surface area contributed by atoms with Gasteiger partial charge < -0.3 is 19.1 Å². The number of benzene rings is 2. The molecule has 1 aliphatic rings. The molecule has 4 rings (SSSR count). The minimum Gasteiger partial charge on any atom is -0.478 e. The first-order valence-electron chi connectivity index (χ1n) is 10.4. The number of fused-ring (bicyclic) bond motifs is 1. The van der Waals surface area contributed by atoms with Crippen LogP contribution in [0.1, 0.15) is 34.1 Å². The molecule has 2 heterocycles. The summed E-state index contributed by atoms with van der Waals surface area (Å²) < 4.78 is 12.8. The van der Waals surface area contributed by atoms with Crippen molar-refractivity contribution >= 4 is 23.0 Å². The molecule has 1 fully saturated rings. The summed E-state index contributed by atoms with van der Waals surface area (Å²) >= 11 is 0. The van der Waals surface area contributed by atoms with Crippen LogP contribution in [0.15, 0.2) is 42.5 Å². The van der Waals surface area contributed by atoms with Crippen LogP contribution in [-0.2, 0) is 16.0 Å². The number of esters is 1. The number of carbonyl (C=O) groups excluding carboxylic acids is 1. The predicted molar refractivity (Wildman–Crippen MR) is 115 cm³/mol. The fourth-order valence-corrected chi connectivity index (χ4v) is 3.75. The van der Waals surface area contributed by atoms with Gasteiger partial charge in [-0.1, -0.05) is 12.1 Å². The van der Waals surface area contributed by atoms with E-state index in [0.717, 1.165) is 43.0 Å². The van der Waals surface area contributed by atoms with Crippen LogP contribution in [0, 0.1) is 0 Å². The molecule has 8 heteroatoms. The molecule has 0 unspecified atom stereocenters. The molecule has 1 aliphatic heterocycles. The first-order chi connectivity index (χ1) is 15.1. The number of hydrogen-bond donors (Lipinski definition) is 1. The number of imidazole rings is 1. The Hall–Kier alpha value is -3.23. The van der Waals surface area contributed by atoms with E-state index in [2.05, 4.69) is 9.47 Å². The van der Waals surface area contributed by atoms with Crippen LogP contribution in [0.3, 0.4) is 0 Å². The Kier molecular flexibility index (Phi) is 6.29. The lowest BCUT2D eigenvalue weighted by Crippen LogP contribution is -2.35. The van der Waals surface area contributed by atoms with Crippen molar-refractivity contribution in [3.63, 3.8) is 0 Å². The molecular formula is C23H25N3O5. The van der Waals surface area contributed by atoms with Gasteiger partial charge >= 0.3 is 11.9 Å². The number of ether oxygens (including phenoxy) is 2. The van der Waals surface area contributed by atoms with Crippen LogP contribution in [0.2, 0.25) is 0 Å². The number of aromatic carboxylic acids is 1. The third-order valence-electron chi connectivity index (χ3n) is 5.33. The van der Waals surface area contributed by atoms with Crippen LogP contribution < -0.4 is 0 Å². The zero-order valence-electron chi connectivity index (χ0n) is 17.4. The molecule has 1 N–H and O–H groups in total. The van der Waals surface area contributed by atoms with Gasteiger partial charge in [-0.2, -0.15) is 0 Å². The Morgan fingerprint density at radius 3 is 2.58 bits per heavy atom. The van der Waals surface area contributed by atoms with Gasteiger partial charge in [-0.25, -0.2) is 14.6 Å². The van der Waals surface area contributed by atoms with Crippen molar-refractivity contribution in [2.45, 2.75) is 19.9 Å².